The molecule has 3 rings (SSSR count). The quantitative estimate of drug-likeness (QED) is 0.309. The minimum absolute atomic E-state index is 0. The van der Waals surface area contributed by atoms with E-state index in [-0.39, 0.29) is 16.8 Å². The molecule has 2 aromatic heterocycles. The number of benzene rings is 1. The summed E-state index contributed by atoms with van der Waals surface area (Å²) < 4.78 is 0. The van der Waals surface area contributed by atoms with E-state index in [1.807, 2.05) is 12.1 Å². The molecule has 11 nitrogen and oxygen atoms in total. The fraction of sp³-hybridized carbons (Fsp3) is 0.0714. The molecule has 0 saturated heterocycles. The number of fused-ring (bicyclic) bond motifs is 3. The molecule has 26 heavy (non-hydrogen) atoms. The fourth-order valence-electron chi connectivity index (χ4n) is 1.68. The van der Waals surface area contributed by atoms with Gasteiger partial charge in [-0.05, 0) is 12.1 Å². The molecule has 1 aromatic carbocycles. The molecule has 0 aliphatic rings. The Hall–Kier alpha value is -3.56. The summed E-state index contributed by atoms with van der Waals surface area (Å²) in [5, 5.41) is 39.1. The molecule has 0 N–H and O–H groups in total. The number of hydrogen-bond acceptors (Lipinski definition) is 9. The first-order chi connectivity index (χ1) is 11.8. The van der Waals surface area contributed by atoms with Gasteiger partial charge in [-0.1, -0.05) is 24.3 Å². The van der Waals surface area contributed by atoms with E-state index in [0.717, 1.165) is 21.8 Å². The van der Waals surface area contributed by atoms with Gasteiger partial charge in [0, 0.05) is 30.1 Å². The Morgan fingerprint density at radius 3 is 1.38 bits per heavy atom. The van der Waals surface area contributed by atoms with Gasteiger partial charge in [-0.25, -0.2) is 0 Å². The van der Waals surface area contributed by atoms with Crippen molar-refractivity contribution >= 4 is 21.8 Å². The van der Waals surface area contributed by atoms with Crippen molar-refractivity contribution in [2.75, 3.05) is 0 Å². The van der Waals surface area contributed by atoms with Gasteiger partial charge in [0.1, 0.15) is 0 Å². The summed E-state index contributed by atoms with van der Waals surface area (Å²) in [5.41, 5.74) is 1.95. The van der Waals surface area contributed by atoms with Crippen LogP contribution >= 0.6 is 0 Å². The van der Waals surface area contributed by atoms with E-state index in [4.69, 9.17) is 35.9 Å². The van der Waals surface area contributed by atoms with Crippen molar-refractivity contribution in [2.24, 2.45) is 0 Å². The molecule has 2 heterocycles. The van der Waals surface area contributed by atoms with Gasteiger partial charge < -0.3 is 30.6 Å². The molecule has 0 aliphatic carbocycles. The maximum absolute atomic E-state index is 8.25. The van der Waals surface area contributed by atoms with Gasteiger partial charge in [0.05, 0.1) is 27.3 Å². The van der Waals surface area contributed by atoms with Crippen LogP contribution in [-0.2, 0) is 16.8 Å². The zero-order valence-corrected chi connectivity index (χ0v) is 14.2. The van der Waals surface area contributed by atoms with E-state index >= 15 is 0 Å². The fourth-order valence-corrected chi connectivity index (χ4v) is 1.68. The molecule has 0 fully saturated rings. The third-order valence-electron chi connectivity index (χ3n) is 2.34. The Balaban J connectivity index is 0. The normalized spacial score (nSPS) is 8.00. The number of hydrogen-bond donors (Lipinski definition) is 0. The summed E-state index contributed by atoms with van der Waals surface area (Å²) in [4.78, 5) is 25.2. The number of pyridine rings is 2. The standard InChI is InChI=1S/C12H8N2.C2H3N.Co.2NO3/c1-3-9-5-6-10-4-2-8-14-12(10)11(9)13-7-1;1-2-3;;2*2-1(3)4/h1-8H;1H3;;;/q;;+2;2*-1. The van der Waals surface area contributed by atoms with Crippen molar-refractivity contribution in [2.45, 2.75) is 6.92 Å². The van der Waals surface area contributed by atoms with Crippen molar-refractivity contribution in [3.8, 4) is 6.07 Å². The van der Waals surface area contributed by atoms with Crippen molar-refractivity contribution in [3.63, 3.8) is 0 Å². The zero-order valence-electron chi connectivity index (χ0n) is 13.1. The van der Waals surface area contributed by atoms with E-state index in [2.05, 4.69) is 34.2 Å². The molecule has 0 atom stereocenters. The minimum Gasteiger partial charge on any atom is -0.356 e. The second-order valence-corrected chi connectivity index (χ2v) is 3.89. The number of nitrogens with zero attached hydrogens (tertiary/aromatic N) is 5. The number of aromatic nitrogens is 2. The van der Waals surface area contributed by atoms with E-state index in [9.17, 15) is 0 Å². The monoisotopic (exact) mass is 404 g/mol. The SMILES string of the molecule is CC#N.O=[N+]([O-])[O-].O=[N+]([O-])[O-].[Co+2].c1cnc2c(c1)ccc1cccnc12. The molecule has 0 amide bonds. The van der Waals surface area contributed by atoms with Crippen LogP contribution in [0.4, 0.5) is 0 Å². The first kappa shape index (κ1) is 24.7. The predicted octanol–water partition coefficient (Wildman–Crippen LogP) is 2.83. The molecule has 0 bridgehead atoms. The second-order valence-electron chi connectivity index (χ2n) is 3.89. The summed E-state index contributed by atoms with van der Waals surface area (Å²) >= 11 is 0. The molecule has 3 aromatic rings. The van der Waals surface area contributed by atoms with Gasteiger partial charge in [-0.15, -0.1) is 0 Å². The molecule has 0 unspecified atom stereocenters. The third-order valence-corrected chi connectivity index (χ3v) is 2.34. The molecular weight excluding hydrogens is 393 g/mol. The van der Waals surface area contributed by atoms with E-state index < -0.39 is 10.2 Å². The summed E-state index contributed by atoms with van der Waals surface area (Å²) in [5.74, 6) is 0. The number of rotatable bonds is 0. The molecular formula is C14H11CoN5O6. The smallest absolute Gasteiger partial charge is 0.356 e. The van der Waals surface area contributed by atoms with Crippen LogP contribution in [0.5, 0.6) is 0 Å². The van der Waals surface area contributed by atoms with Crippen molar-refractivity contribution in [3.05, 3.63) is 79.4 Å². The molecule has 0 aliphatic heterocycles. The molecule has 137 valence electrons. The Labute approximate surface area is 156 Å². The van der Waals surface area contributed by atoms with Crippen LogP contribution < -0.4 is 0 Å². The first-order valence-corrected chi connectivity index (χ1v) is 6.35. The Kier molecular flexibility index (Phi) is 13.1. The van der Waals surface area contributed by atoms with Crippen LogP contribution in [0.2, 0.25) is 0 Å². The topological polar surface area (TPSA) is 182 Å². The van der Waals surface area contributed by atoms with Crippen LogP contribution in [0, 0.1) is 42.0 Å². The maximum atomic E-state index is 8.25. The average molecular weight is 404 g/mol. The largest absolute Gasteiger partial charge is 2.00 e. The molecule has 12 heteroatoms. The van der Waals surface area contributed by atoms with Crippen molar-refractivity contribution in [1.82, 2.24) is 9.97 Å². The minimum atomic E-state index is -1.75. The third kappa shape index (κ3) is 10.3. The van der Waals surface area contributed by atoms with E-state index in [1.54, 1.807) is 18.5 Å². The van der Waals surface area contributed by atoms with Crippen LogP contribution in [0.1, 0.15) is 6.92 Å². The Bertz CT molecular complexity index is 811. The van der Waals surface area contributed by atoms with Gasteiger partial charge in [-0.3, -0.25) is 9.97 Å². The van der Waals surface area contributed by atoms with Gasteiger partial charge >= 0.3 is 16.8 Å². The van der Waals surface area contributed by atoms with E-state index in [0.29, 0.717) is 0 Å². The second kappa shape index (κ2) is 13.8. The van der Waals surface area contributed by atoms with Gasteiger partial charge in [0.15, 0.2) is 0 Å². The summed E-state index contributed by atoms with van der Waals surface area (Å²) in [6, 6.07) is 13.9. The van der Waals surface area contributed by atoms with Gasteiger partial charge in [0.2, 0.25) is 0 Å². The number of nitriles is 1. The predicted molar refractivity (Wildman–Crippen MR) is 89.1 cm³/mol. The Morgan fingerprint density at radius 2 is 1.12 bits per heavy atom. The molecule has 0 saturated carbocycles. The maximum Gasteiger partial charge on any atom is 2.00 e. The summed E-state index contributed by atoms with van der Waals surface area (Å²) in [6.45, 7) is 1.43. The van der Waals surface area contributed by atoms with E-state index in [1.165, 1.54) is 6.92 Å². The van der Waals surface area contributed by atoms with Gasteiger partial charge in [0.25, 0.3) is 0 Å². The van der Waals surface area contributed by atoms with Crippen molar-refractivity contribution < 1.29 is 27.0 Å². The summed E-state index contributed by atoms with van der Waals surface area (Å²) in [6.07, 6.45) is 3.60. The van der Waals surface area contributed by atoms with Crippen LogP contribution in [0.15, 0.2) is 48.8 Å². The summed E-state index contributed by atoms with van der Waals surface area (Å²) in [7, 11) is 0. The van der Waals surface area contributed by atoms with Crippen molar-refractivity contribution in [1.29, 1.82) is 5.26 Å². The first-order valence-electron chi connectivity index (χ1n) is 6.35. The Morgan fingerprint density at radius 1 is 0.846 bits per heavy atom. The van der Waals surface area contributed by atoms with Crippen LogP contribution in [0.25, 0.3) is 21.8 Å². The zero-order chi connectivity index (χ0) is 19.2. The average Bonchev–Trinajstić information content (AvgIpc) is 2.54. The van der Waals surface area contributed by atoms with Crippen LogP contribution in [0.3, 0.4) is 0 Å². The molecule has 0 spiro atoms. The van der Waals surface area contributed by atoms with Crippen LogP contribution in [-0.4, -0.2) is 20.1 Å². The van der Waals surface area contributed by atoms with Gasteiger partial charge in [-0.2, -0.15) is 5.26 Å². The molecule has 1 radical (unpaired) electrons.